The lowest BCUT2D eigenvalue weighted by atomic mass is 10.2. The summed E-state index contributed by atoms with van der Waals surface area (Å²) in [4.78, 5) is 14.6. The third-order valence-corrected chi connectivity index (χ3v) is 6.98. The smallest absolute Gasteiger partial charge is 0.340 e. The van der Waals surface area contributed by atoms with Crippen LogP contribution in [0.1, 0.15) is 25.0 Å². The van der Waals surface area contributed by atoms with Crippen molar-refractivity contribution in [2.75, 3.05) is 12.4 Å². The van der Waals surface area contributed by atoms with Crippen LogP contribution >= 0.6 is 11.6 Å². The molecule has 0 aliphatic rings. The molecule has 2 amide bonds. The maximum Gasteiger partial charge on any atom is 0.340 e. The van der Waals surface area contributed by atoms with Gasteiger partial charge in [0.2, 0.25) is 0 Å². The number of benzene rings is 3. The van der Waals surface area contributed by atoms with Gasteiger partial charge in [0, 0.05) is 12.6 Å². The van der Waals surface area contributed by atoms with Crippen LogP contribution in [0.2, 0.25) is 5.02 Å². The molecule has 0 saturated heterocycles. The van der Waals surface area contributed by atoms with E-state index in [1.165, 1.54) is 13.2 Å². The van der Waals surface area contributed by atoms with E-state index in [0.29, 0.717) is 22.6 Å². The highest BCUT2D eigenvalue weighted by atomic mass is 35.5. The molecule has 0 unspecified atom stereocenters. The van der Waals surface area contributed by atoms with E-state index in [0.717, 1.165) is 0 Å². The Bertz CT molecular complexity index is 1260. The number of halogens is 1. The minimum Gasteiger partial charge on any atom is -0.495 e. The molecule has 0 aromatic heterocycles. The number of hydrogen-bond acceptors (Lipinski definition) is 5. The lowest BCUT2D eigenvalue weighted by molar-refractivity contribution is 0.193. The van der Waals surface area contributed by atoms with Gasteiger partial charge in [0.1, 0.15) is 16.4 Å². The maximum absolute atomic E-state index is 13.0. The molecule has 34 heavy (non-hydrogen) atoms. The Hall–Kier alpha value is -3.23. The van der Waals surface area contributed by atoms with E-state index >= 15 is 0 Å². The van der Waals surface area contributed by atoms with Gasteiger partial charge in [0.05, 0.1) is 17.8 Å². The standard InChI is InChI=1S/C25H27ClN2O5S/c1-17(2)28(25(29)27-22-13-5-6-14-23(22)32-4)16-19-10-8-11-20(15-19)33-34(30,31)24-18(3)9-7-12-21(24)26/h5-15,17H,16H2,1-4H3,(H,27,29). The quantitative estimate of drug-likeness (QED) is 0.389. The average Bonchev–Trinajstić information content (AvgIpc) is 2.77. The summed E-state index contributed by atoms with van der Waals surface area (Å²) in [5.41, 5.74) is 1.74. The summed E-state index contributed by atoms with van der Waals surface area (Å²) in [6.45, 7) is 5.68. The van der Waals surface area contributed by atoms with Crippen molar-refractivity contribution < 1.29 is 22.1 Å². The molecule has 3 aromatic carbocycles. The minimum absolute atomic E-state index is 0.0675. The highest BCUT2D eigenvalue weighted by Crippen LogP contribution is 2.29. The zero-order valence-electron chi connectivity index (χ0n) is 19.4. The van der Waals surface area contributed by atoms with Crippen LogP contribution in [0.3, 0.4) is 0 Å². The highest BCUT2D eigenvalue weighted by molar-refractivity contribution is 7.87. The van der Waals surface area contributed by atoms with Gasteiger partial charge in [-0.05, 0) is 62.2 Å². The molecule has 7 nitrogen and oxygen atoms in total. The van der Waals surface area contributed by atoms with Crippen molar-refractivity contribution in [2.45, 2.75) is 38.3 Å². The van der Waals surface area contributed by atoms with Crippen molar-refractivity contribution in [3.63, 3.8) is 0 Å². The van der Waals surface area contributed by atoms with Crippen molar-refractivity contribution in [3.05, 3.63) is 82.9 Å². The second-order valence-electron chi connectivity index (χ2n) is 7.92. The number of amides is 2. The predicted molar refractivity (Wildman–Crippen MR) is 133 cm³/mol. The number of anilines is 1. The summed E-state index contributed by atoms with van der Waals surface area (Å²) < 4.78 is 36.4. The van der Waals surface area contributed by atoms with E-state index in [9.17, 15) is 13.2 Å². The van der Waals surface area contributed by atoms with Crippen LogP contribution in [-0.2, 0) is 16.7 Å². The molecule has 0 aliphatic heterocycles. The Kier molecular flexibility index (Phi) is 8.06. The van der Waals surface area contributed by atoms with E-state index in [4.69, 9.17) is 20.5 Å². The van der Waals surface area contributed by atoms with Gasteiger partial charge in [-0.3, -0.25) is 0 Å². The van der Waals surface area contributed by atoms with Crippen molar-refractivity contribution in [3.8, 4) is 11.5 Å². The van der Waals surface area contributed by atoms with Crippen molar-refractivity contribution in [1.29, 1.82) is 0 Å². The number of para-hydroxylation sites is 2. The topological polar surface area (TPSA) is 84.9 Å². The number of carbonyl (C=O) groups excluding carboxylic acids is 1. The van der Waals surface area contributed by atoms with Gasteiger partial charge in [0.25, 0.3) is 0 Å². The fraction of sp³-hybridized carbons (Fsp3) is 0.240. The molecular weight excluding hydrogens is 476 g/mol. The molecule has 3 rings (SSSR count). The summed E-state index contributed by atoms with van der Waals surface area (Å²) >= 11 is 6.12. The summed E-state index contributed by atoms with van der Waals surface area (Å²) in [6.07, 6.45) is 0. The summed E-state index contributed by atoms with van der Waals surface area (Å²) in [6, 6.07) is 18.1. The molecule has 180 valence electrons. The number of nitrogens with one attached hydrogen (secondary N) is 1. The maximum atomic E-state index is 13.0. The number of aryl methyl sites for hydroxylation is 1. The molecule has 0 saturated carbocycles. The van der Waals surface area contributed by atoms with Crippen molar-refractivity contribution in [1.82, 2.24) is 4.90 Å². The van der Waals surface area contributed by atoms with Gasteiger partial charge < -0.3 is 19.1 Å². The van der Waals surface area contributed by atoms with Gasteiger partial charge >= 0.3 is 16.1 Å². The molecule has 0 fully saturated rings. The first kappa shape index (κ1) is 25.4. The van der Waals surface area contributed by atoms with Gasteiger partial charge in [-0.2, -0.15) is 8.42 Å². The number of hydrogen-bond donors (Lipinski definition) is 1. The zero-order valence-corrected chi connectivity index (χ0v) is 21.0. The molecule has 3 aromatic rings. The fourth-order valence-corrected chi connectivity index (χ4v) is 5.13. The summed E-state index contributed by atoms with van der Waals surface area (Å²) in [5, 5.41) is 2.96. The molecular formula is C25H27ClN2O5S. The molecule has 0 bridgehead atoms. The molecule has 9 heteroatoms. The number of ether oxygens (including phenoxy) is 1. The van der Waals surface area contributed by atoms with Crippen LogP contribution in [0.4, 0.5) is 10.5 Å². The lowest BCUT2D eigenvalue weighted by Crippen LogP contribution is -2.39. The van der Waals surface area contributed by atoms with Crippen LogP contribution in [0.15, 0.2) is 71.6 Å². The van der Waals surface area contributed by atoms with Crippen LogP contribution in [0, 0.1) is 6.92 Å². The number of carbonyl (C=O) groups is 1. The molecule has 0 heterocycles. The number of urea groups is 1. The monoisotopic (exact) mass is 502 g/mol. The Balaban J connectivity index is 1.80. The van der Waals surface area contributed by atoms with E-state index < -0.39 is 10.1 Å². The van der Waals surface area contributed by atoms with Crippen LogP contribution in [0.25, 0.3) is 0 Å². The summed E-state index contributed by atoms with van der Waals surface area (Å²) in [7, 11) is -2.60. The highest BCUT2D eigenvalue weighted by Gasteiger charge is 2.24. The first-order chi connectivity index (χ1) is 16.1. The SMILES string of the molecule is COc1ccccc1NC(=O)N(Cc1cccc(OS(=O)(=O)c2c(C)cccc2Cl)c1)C(C)C. The Morgan fingerprint density at radius 3 is 2.44 bits per heavy atom. The van der Waals surface area contributed by atoms with E-state index in [2.05, 4.69) is 5.32 Å². The first-order valence-electron chi connectivity index (χ1n) is 10.6. The fourth-order valence-electron chi connectivity index (χ4n) is 3.42. The lowest BCUT2D eigenvalue weighted by Gasteiger charge is -2.27. The van der Waals surface area contributed by atoms with Crippen molar-refractivity contribution in [2.24, 2.45) is 0 Å². The minimum atomic E-state index is -4.14. The van der Waals surface area contributed by atoms with Crippen LogP contribution in [0.5, 0.6) is 11.5 Å². The molecule has 0 radical (unpaired) electrons. The van der Waals surface area contributed by atoms with Gasteiger partial charge in [-0.25, -0.2) is 4.79 Å². The Morgan fingerprint density at radius 1 is 1.06 bits per heavy atom. The van der Waals surface area contributed by atoms with Gasteiger partial charge in [-0.1, -0.05) is 48.0 Å². The summed E-state index contributed by atoms with van der Waals surface area (Å²) in [5.74, 6) is 0.681. The Morgan fingerprint density at radius 2 is 1.76 bits per heavy atom. The average molecular weight is 503 g/mol. The molecule has 0 spiro atoms. The zero-order chi connectivity index (χ0) is 24.9. The normalized spacial score (nSPS) is 11.2. The second-order valence-corrected chi connectivity index (χ2v) is 9.81. The number of nitrogens with zero attached hydrogens (tertiary/aromatic N) is 1. The predicted octanol–water partition coefficient (Wildman–Crippen LogP) is 5.87. The molecule has 1 N–H and O–H groups in total. The van der Waals surface area contributed by atoms with Crippen LogP contribution in [-0.4, -0.2) is 32.5 Å². The number of rotatable bonds is 8. The van der Waals surface area contributed by atoms with Gasteiger partial charge in [-0.15, -0.1) is 0 Å². The van der Waals surface area contributed by atoms with E-state index in [1.54, 1.807) is 66.4 Å². The number of methoxy groups -OCH3 is 1. The van der Waals surface area contributed by atoms with E-state index in [-0.39, 0.29) is 34.3 Å². The largest absolute Gasteiger partial charge is 0.495 e. The molecule has 0 atom stereocenters. The van der Waals surface area contributed by atoms with E-state index in [1.807, 2.05) is 19.9 Å². The van der Waals surface area contributed by atoms with Gasteiger partial charge in [0.15, 0.2) is 0 Å². The van der Waals surface area contributed by atoms with Crippen LogP contribution < -0.4 is 14.2 Å². The second kappa shape index (κ2) is 10.8. The molecule has 0 aliphatic carbocycles. The third-order valence-electron chi connectivity index (χ3n) is 5.10. The first-order valence-corrected chi connectivity index (χ1v) is 12.4. The Labute approximate surface area is 205 Å². The third kappa shape index (κ3) is 6.01. The van der Waals surface area contributed by atoms with Crippen molar-refractivity contribution >= 4 is 33.4 Å².